The van der Waals surface area contributed by atoms with Crippen molar-refractivity contribution >= 4 is 11.5 Å². The van der Waals surface area contributed by atoms with Gasteiger partial charge in [-0.05, 0) is 30.5 Å². The van der Waals surface area contributed by atoms with Gasteiger partial charge in [0.25, 0.3) is 0 Å². The van der Waals surface area contributed by atoms with Crippen molar-refractivity contribution in [2.45, 2.75) is 52.1 Å². The number of alkyl halides is 3. The van der Waals surface area contributed by atoms with E-state index in [9.17, 15) is 13.2 Å². The second kappa shape index (κ2) is 9.58. The SMILES string of the molecule is CCCCCOc1ncc(C(F)(F)F)c(N(C)c2ccc(CCC)cc2)n1. The summed E-state index contributed by atoms with van der Waals surface area (Å²) in [6.07, 6.45) is 1.01. The number of halogens is 3. The minimum Gasteiger partial charge on any atom is -0.463 e. The van der Waals surface area contributed by atoms with Crippen LogP contribution in [0.3, 0.4) is 0 Å². The van der Waals surface area contributed by atoms with Crippen LogP contribution >= 0.6 is 0 Å². The maximum absolute atomic E-state index is 13.4. The van der Waals surface area contributed by atoms with Crippen LogP contribution in [0.4, 0.5) is 24.7 Å². The molecule has 2 rings (SSSR count). The van der Waals surface area contributed by atoms with Gasteiger partial charge in [0.05, 0.1) is 6.61 Å². The molecule has 7 heteroatoms. The van der Waals surface area contributed by atoms with E-state index in [1.807, 2.05) is 12.1 Å². The molecule has 0 unspecified atom stereocenters. The molecule has 0 aliphatic heterocycles. The Morgan fingerprint density at radius 3 is 2.33 bits per heavy atom. The number of nitrogens with zero attached hydrogens (tertiary/aromatic N) is 3. The number of rotatable bonds is 9. The Morgan fingerprint density at radius 2 is 1.74 bits per heavy atom. The molecule has 0 aliphatic carbocycles. The lowest BCUT2D eigenvalue weighted by Crippen LogP contribution is -2.19. The summed E-state index contributed by atoms with van der Waals surface area (Å²) in [6.45, 7) is 4.53. The van der Waals surface area contributed by atoms with Gasteiger partial charge in [-0.25, -0.2) is 4.98 Å². The van der Waals surface area contributed by atoms with Crippen molar-refractivity contribution in [3.63, 3.8) is 0 Å². The minimum atomic E-state index is -4.55. The third-order valence-electron chi connectivity index (χ3n) is 4.21. The molecule has 0 radical (unpaired) electrons. The van der Waals surface area contributed by atoms with Crippen LogP contribution in [0.1, 0.15) is 50.7 Å². The van der Waals surface area contributed by atoms with Gasteiger partial charge in [0.1, 0.15) is 5.56 Å². The molecule has 1 aromatic carbocycles. The molecule has 0 bridgehead atoms. The first-order chi connectivity index (χ1) is 12.9. The number of hydrogen-bond donors (Lipinski definition) is 0. The Hall–Kier alpha value is -2.31. The summed E-state index contributed by atoms with van der Waals surface area (Å²) in [4.78, 5) is 9.20. The lowest BCUT2D eigenvalue weighted by molar-refractivity contribution is -0.137. The maximum atomic E-state index is 13.4. The Labute approximate surface area is 158 Å². The number of anilines is 2. The van der Waals surface area contributed by atoms with E-state index in [2.05, 4.69) is 23.8 Å². The van der Waals surface area contributed by atoms with Gasteiger partial charge >= 0.3 is 12.2 Å². The molecule has 0 atom stereocenters. The maximum Gasteiger partial charge on any atom is 0.421 e. The van der Waals surface area contributed by atoms with Crippen molar-refractivity contribution < 1.29 is 17.9 Å². The fraction of sp³-hybridized carbons (Fsp3) is 0.500. The molecule has 0 saturated carbocycles. The summed E-state index contributed by atoms with van der Waals surface area (Å²) < 4.78 is 45.7. The van der Waals surface area contributed by atoms with E-state index in [4.69, 9.17) is 4.74 Å². The van der Waals surface area contributed by atoms with E-state index in [1.54, 1.807) is 19.2 Å². The third-order valence-corrected chi connectivity index (χ3v) is 4.21. The first-order valence-corrected chi connectivity index (χ1v) is 9.26. The summed E-state index contributed by atoms with van der Waals surface area (Å²) in [5.74, 6) is -0.216. The van der Waals surface area contributed by atoms with Crippen molar-refractivity contribution in [2.24, 2.45) is 0 Å². The third kappa shape index (κ3) is 5.84. The zero-order chi connectivity index (χ0) is 19.9. The molecule has 1 aromatic heterocycles. The van der Waals surface area contributed by atoms with E-state index in [1.165, 1.54) is 4.90 Å². The van der Waals surface area contributed by atoms with Gasteiger partial charge < -0.3 is 9.64 Å². The highest BCUT2D eigenvalue weighted by molar-refractivity contribution is 5.63. The molecule has 0 fully saturated rings. The number of ether oxygens (including phenoxy) is 1. The fourth-order valence-electron chi connectivity index (χ4n) is 2.70. The van der Waals surface area contributed by atoms with Crippen molar-refractivity contribution in [1.82, 2.24) is 9.97 Å². The Balaban J connectivity index is 2.29. The second-order valence-corrected chi connectivity index (χ2v) is 6.42. The predicted octanol–water partition coefficient (Wildman–Crippen LogP) is 5.78. The van der Waals surface area contributed by atoms with E-state index >= 15 is 0 Å². The van der Waals surface area contributed by atoms with Crippen LogP contribution in [0, 0.1) is 0 Å². The number of hydrogen-bond acceptors (Lipinski definition) is 4. The highest BCUT2D eigenvalue weighted by Crippen LogP contribution is 2.37. The van der Waals surface area contributed by atoms with Gasteiger partial charge in [0.2, 0.25) is 0 Å². The number of benzene rings is 1. The molecule has 0 saturated heterocycles. The molecule has 0 aliphatic rings. The fourth-order valence-corrected chi connectivity index (χ4v) is 2.70. The largest absolute Gasteiger partial charge is 0.463 e. The van der Waals surface area contributed by atoms with Gasteiger partial charge in [-0.3, -0.25) is 0 Å². The highest BCUT2D eigenvalue weighted by Gasteiger charge is 2.36. The number of aryl methyl sites for hydroxylation is 1. The molecular formula is C20H26F3N3O. The molecular weight excluding hydrogens is 355 g/mol. The Bertz CT molecular complexity index is 717. The number of unbranched alkanes of at least 4 members (excludes halogenated alkanes) is 2. The monoisotopic (exact) mass is 381 g/mol. The van der Waals surface area contributed by atoms with Gasteiger partial charge in [0.15, 0.2) is 5.82 Å². The summed E-state index contributed by atoms with van der Waals surface area (Å²) in [6, 6.07) is 7.41. The zero-order valence-electron chi connectivity index (χ0n) is 16.0. The van der Waals surface area contributed by atoms with Crippen LogP contribution in [0.2, 0.25) is 0 Å². The van der Waals surface area contributed by atoms with Crippen molar-refractivity contribution in [3.8, 4) is 6.01 Å². The quantitative estimate of drug-likeness (QED) is 0.516. The average molecular weight is 381 g/mol. The highest BCUT2D eigenvalue weighted by atomic mass is 19.4. The van der Waals surface area contributed by atoms with E-state index in [0.717, 1.165) is 43.9 Å². The molecule has 0 spiro atoms. The van der Waals surface area contributed by atoms with Crippen LogP contribution in [0.5, 0.6) is 6.01 Å². The van der Waals surface area contributed by atoms with Gasteiger partial charge in [-0.2, -0.15) is 18.2 Å². The first-order valence-electron chi connectivity index (χ1n) is 9.26. The summed E-state index contributed by atoms with van der Waals surface area (Å²) in [5, 5.41) is 0. The van der Waals surface area contributed by atoms with Gasteiger partial charge in [-0.15, -0.1) is 0 Å². The lowest BCUT2D eigenvalue weighted by atomic mass is 10.1. The van der Waals surface area contributed by atoms with Crippen molar-refractivity contribution in [1.29, 1.82) is 0 Å². The molecule has 1 heterocycles. The molecule has 27 heavy (non-hydrogen) atoms. The lowest BCUT2D eigenvalue weighted by Gasteiger charge is -2.22. The topological polar surface area (TPSA) is 38.2 Å². The molecule has 2 aromatic rings. The smallest absolute Gasteiger partial charge is 0.421 e. The molecule has 148 valence electrons. The summed E-state index contributed by atoms with van der Waals surface area (Å²) in [7, 11) is 1.56. The summed E-state index contributed by atoms with van der Waals surface area (Å²) in [5.41, 5.74) is 0.882. The number of aromatic nitrogens is 2. The van der Waals surface area contributed by atoms with Crippen molar-refractivity contribution in [3.05, 3.63) is 41.6 Å². The van der Waals surface area contributed by atoms with E-state index in [0.29, 0.717) is 12.3 Å². The van der Waals surface area contributed by atoms with Crippen LogP contribution < -0.4 is 9.64 Å². The molecule has 0 amide bonds. The van der Waals surface area contributed by atoms with Crippen LogP contribution in [-0.4, -0.2) is 23.6 Å². The van der Waals surface area contributed by atoms with E-state index in [-0.39, 0.29) is 11.8 Å². The van der Waals surface area contributed by atoms with Gasteiger partial charge in [0, 0.05) is 18.9 Å². The summed E-state index contributed by atoms with van der Waals surface area (Å²) >= 11 is 0. The van der Waals surface area contributed by atoms with Crippen molar-refractivity contribution in [2.75, 3.05) is 18.6 Å². The molecule has 0 N–H and O–H groups in total. The Morgan fingerprint density at radius 1 is 1.04 bits per heavy atom. The molecule has 4 nitrogen and oxygen atoms in total. The van der Waals surface area contributed by atoms with E-state index < -0.39 is 11.7 Å². The second-order valence-electron chi connectivity index (χ2n) is 6.42. The zero-order valence-corrected chi connectivity index (χ0v) is 16.0. The first kappa shape index (κ1) is 21.0. The average Bonchev–Trinajstić information content (AvgIpc) is 2.64. The van der Waals surface area contributed by atoms with Gasteiger partial charge in [-0.1, -0.05) is 45.2 Å². The van der Waals surface area contributed by atoms with Crippen LogP contribution in [-0.2, 0) is 12.6 Å². The van der Waals surface area contributed by atoms with Crippen LogP contribution in [0.15, 0.2) is 30.5 Å². The predicted molar refractivity (Wildman–Crippen MR) is 101 cm³/mol. The minimum absolute atomic E-state index is 0.0384. The standard InChI is InChI=1S/C20H26F3N3O/c1-4-6-7-13-27-19-24-14-17(20(21,22)23)18(25-19)26(3)16-11-9-15(8-5-2)10-12-16/h9-12,14H,4-8,13H2,1-3H3. The normalized spacial score (nSPS) is 11.5. The Kier molecular flexibility index (Phi) is 7.45. The van der Waals surface area contributed by atoms with Crippen LogP contribution in [0.25, 0.3) is 0 Å².